The Kier molecular flexibility index (Phi) is 9.00. The molecule has 1 N–H and O–H groups in total. The topological polar surface area (TPSA) is 69.2 Å². The van der Waals surface area contributed by atoms with E-state index in [9.17, 15) is 4.79 Å². The van der Waals surface area contributed by atoms with Gasteiger partial charge in [0.15, 0.2) is 11.5 Å². The summed E-state index contributed by atoms with van der Waals surface area (Å²) in [6, 6.07) is 15.6. The largest absolute Gasteiger partial charge is 0.494 e. The minimum absolute atomic E-state index is 0.233. The number of hydrogen-bond donors (Lipinski definition) is 1. The Morgan fingerprint density at radius 1 is 1.09 bits per heavy atom. The number of ether oxygens (including phenoxy) is 3. The molecule has 0 aliphatic carbocycles. The van der Waals surface area contributed by atoms with Crippen LogP contribution in [0.15, 0.2) is 64.2 Å². The van der Waals surface area contributed by atoms with Crippen LogP contribution in [0.5, 0.6) is 17.2 Å². The van der Waals surface area contributed by atoms with Gasteiger partial charge in [-0.1, -0.05) is 29.3 Å². The number of nitrogens with zero attached hydrogens (tertiary/aromatic N) is 1. The lowest BCUT2D eigenvalue weighted by Crippen LogP contribution is -2.17. The molecule has 172 valence electrons. The molecule has 0 atom stereocenters. The first-order chi connectivity index (χ1) is 15.9. The molecule has 0 unspecified atom stereocenters. The van der Waals surface area contributed by atoms with Crippen molar-refractivity contribution in [2.45, 2.75) is 13.5 Å². The van der Waals surface area contributed by atoms with Crippen molar-refractivity contribution in [2.75, 3.05) is 13.7 Å². The van der Waals surface area contributed by atoms with E-state index in [4.69, 9.17) is 37.4 Å². The molecule has 3 aromatic rings. The van der Waals surface area contributed by atoms with Crippen LogP contribution in [0.3, 0.4) is 0 Å². The van der Waals surface area contributed by atoms with Gasteiger partial charge in [0.05, 0.1) is 24.4 Å². The molecule has 0 radical (unpaired) electrons. The highest BCUT2D eigenvalue weighted by Crippen LogP contribution is 2.37. The lowest BCUT2D eigenvalue weighted by Gasteiger charge is -2.14. The van der Waals surface area contributed by atoms with Gasteiger partial charge in [-0.3, -0.25) is 4.79 Å². The van der Waals surface area contributed by atoms with Crippen molar-refractivity contribution in [3.05, 3.63) is 85.8 Å². The van der Waals surface area contributed by atoms with Gasteiger partial charge in [0.25, 0.3) is 5.91 Å². The van der Waals surface area contributed by atoms with Gasteiger partial charge in [-0.25, -0.2) is 5.43 Å². The molecule has 6 nitrogen and oxygen atoms in total. The maximum atomic E-state index is 12.3. The SMILES string of the molecule is CCOc1ccc(C(=O)N/N=C\c2cc(Br)c(OCc3ccc(Cl)cc3Cl)c(OC)c2)cc1. The number of amides is 1. The van der Waals surface area contributed by atoms with E-state index in [-0.39, 0.29) is 12.5 Å². The first kappa shape index (κ1) is 24.9. The van der Waals surface area contributed by atoms with E-state index in [1.807, 2.05) is 6.92 Å². The number of benzene rings is 3. The van der Waals surface area contributed by atoms with Gasteiger partial charge < -0.3 is 14.2 Å². The first-order valence-corrected chi connectivity index (χ1v) is 11.5. The summed E-state index contributed by atoms with van der Waals surface area (Å²) in [6.07, 6.45) is 1.51. The predicted molar refractivity (Wildman–Crippen MR) is 134 cm³/mol. The number of methoxy groups -OCH3 is 1. The quantitative estimate of drug-likeness (QED) is 0.243. The lowest BCUT2D eigenvalue weighted by atomic mass is 10.2. The van der Waals surface area contributed by atoms with Crippen LogP contribution in [-0.2, 0) is 6.61 Å². The van der Waals surface area contributed by atoms with Crippen molar-refractivity contribution in [1.29, 1.82) is 0 Å². The summed E-state index contributed by atoms with van der Waals surface area (Å²) in [5.74, 6) is 1.38. The summed E-state index contributed by atoms with van der Waals surface area (Å²) in [6.45, 7) is 2.70. The molecule has 0 fully saturated rings. The summed E-state index contributed by atoms with van der Waals surface area (Å²) in [7, 11) is 1.54. The zero-order valence-corrected chi connectivity index (χ0v) is 21.0. The number of halogens is 3. The van der Waals surface area contributed by atoms with Crippen molar-refractivity contribution in [3.8, 4) is 17.2 Å². The van der Waals surface area contributed by atoms with Gasteiger partial charge in [-0.2, -0.15) is 5.10 Å². The maximum Gasteiger partial charge on any atom is 0.271 e. The van der Waals surface area contributed by atoms with Crippen LogP contribution in [0.4, 0.5) is 0 Å². The van der Waals surface area contributed by atoms with Gasteiger partial charge >= 0.3 is 0 Å². The lowest BCUT2D eigenvalue weighted by molar-refractivity contribution is 0.0955. The summed E-state index contributed by atoms with van der Waals surface area (Å²) < 4.78 is 17.4. The Labute approximate surface area is 210 Å². The van der Waals surface area contributed by atoms with Crippen LogP contribution in [-0.4, -0.2) is 25.8 Å². The highest BCUT2D eigenvalue weighted by molar-refractivity contribution is 9.10. The van der Waals surface area contributed by atoms with Crippen LogP contribution in [0, 0.1) is 0 Å². The fourth-order valence-electron chi connectivity index (χ4n) is 2.84. The third kappa shape index (κ3) is 6.87. The van der Waals surface area contributed by atoms with Crippen molar-refractivity contribution in [3.63, 3.8) is 0 Å². The average Bonchev–Trinajstić information content (AvgIpc) is 2.79. The zero-order valence-electron chi connectivity index (χ0n) is 17.9. The Balaban J connectivity index is 1.66. The molecule has 1 amide bonds. The molecule has 3 aromatic carbocycles. The molecule has 0 bridgehead atoms. The van der Waals surface area contributed by atoms with Gasteiger partial charge in [-0.05, 0) is 76.9 Å². The molecule has 0 aliphatic heterocycles. The Morgan fingerprint density at radius 2 is 1.85 bits per heavy atom. The molecule has 0 spiro atoms. The van der Waals surface area contributed by atoms with Crippen LogP contribution < -0.4 is 19.6 Å². The molecule has 0 aliphatic rings. The number of hydrogen-bond acceptors (Lipinski definition) is 5. The van der Waals surface area contributed by atoms with E-state index in [0.717, 1.165) is 5.56 Å². The Bertz CT molecular complexity index is 1150. The number of carbonyl (C=O) groups excluding carboxylic acids is 1. The van der Waals surface area contributed by atoms with E-state index in [1.165, 1.54) is 6.21 Å². The monoisotopic (exact) mass is 550 g/mol. The van der Waals surface area contributed by atoms with Gasteiger partial charge in [-0.15, -0.1) is 0 Å². The van der Waals surface area contributed by atoms with Gasteiger partial charge in [0, 0.05) is 21.2 Å². The molecule has 0 aromatic heterocycles. The van der Waals surface area contributed by atoms with E-state index in [0.29, 0.717) is 49.5 Å². The number of carbonyl (C=O) groups is 1. The fraction of sp³-hybridized carbons (Fsp3) is 0.167. The van der Waals surface area contributed by atoms with Crippen LogP contribution in [0.1, 0.15) is 28.4 Å². The molecule has 0 heterocycles. The second-order valence-electron chi connectivity index (χ2n) is 6.72. The molecule has 9 heteroatoms. The van der Waals surface area contributed by atoms with Crippen LogP contribution in [0.25, 0.3) is 0 Å². The second-order valence-corrected chi connectivity index (χ2v) is 8.41. The predicted octanol–water partition coefficient (Wildman–Crippen LogP) is 6.51. The summed E-state index contributed by atoms with van der Waals surface area (Å²) in [5, 5.41) is 5.11. The van der Waals surface area contributed by atoms with E-state index < -0.39 is 0 Å². The van der Waals surface area contributed by atoms with E-state index in [1.54, 1.807) is 61.7 Å². The van der Waals surface area contributed by atoms with Crippen molar-refractivity contribution >= 4 is 51.3 Å². The summed E-state index contributed by atoms with van der Waals surface area (Å²) >= 11 is 15.7. The van der Waals surface area contributed by atoms with Gasteiger partial charge in [0.2, 0.25) is 0 Å². The number of rotatable bonds is 9. The molecular formula is C24H21BrCl2N2O4. The third-order valence-corrected chi connectivity index (χ3v) is 5.62. The van der Waals surface area contributed by atoms with Crippen LogP contribution in [0.2, 0.25) is 10.0 Å². The molecular weight excluding hydrogens is 531 g/mol. The normalized spacial score (nSPS) is 10.8. The molecule has 3 rings (SSSR count). The number of hydrazone groups is 1. The van der Waals surface area contributed by atoms with Crippen molar-refractivity contribution < 1.29 is 19.0 Å². The zero-order chi connectivity index (χ0) is 23.8. The van der Waals surface area contributed by atoms with E-state index >= 15 is 0 Å². The summed E-state index contributed by atoms with van der Waals surface area (Å²) in [4.78, 5) is 12.3. The summed E-state index contributed by atoms with van der Waals surface area (Å²) in [5.41, 5.74) is 4.46. The standard InChI is InChI=1S/C24H21BrCl2N2O4/c1-3-32-19-8-5-16(6-9-19)24(30)29-28-13-15-10-20(25)23(22(11-15)31-2)33-14-17-4-7-18(26)12-21(17)27/h4-13H,3,14H2,1-2H3,(H,29,30)/b28-13-. The molecule has 0 saturated carbocycles. The minimum atomic E-state index is -0.333. The third-order valence-electron chi connectivity index (χ3n) is 4.45. The maximum absolute atomic E-state index is 12.3. The van der Waals surface area contributed by atoms with Gasteiger partial charge in [0.1, 0.15) is 12.4 Å². The Morgan fingerprint density at radius 3 is 2.52 bits per heavy atom. The van der Waals surface area contributed by atoms with Crippen LogP contribution >= 0.6 is 39.1 Å². The van der Waals surface area contributed by atoms with Crippen molar-refractivity contribution in [1.82, 2.24) is 5.43 Å². The highest BCUT2D eigenvalue weighted by Gasteiger charge is 2.13. The fourth-order valence-corrected chi connectivity index (χ4v) is 3.88. The van der Waals surface area contributed by atoms with Crippen molar-refractivity contribution in [2.24, 2.45) is 5.10 Å². The first-order valence-electron chi connectivity index (χ1n) is 9.91. The molecule has 33 heavy (non-hydrogen) atoms. The molecule has 0 saturated heterocycles. The number of nitrogens with one attached hydrogen (secondary N) is 1. The second kappa shape index (κ2) is 11.9. The highest BCUT2D eigenvalue weighted by atomic mass is 79.9. The smallest absolute Gasteiger partial charge is 0.271 e. The minimum Gasteiger partial charge on any atom is -0.494 e. The average molecular weight is 552 g/mol. The Hall–Kier alpha value is -2.74. The van der Waals surface area contributed by atoms with E-state index in [2.05, 4.69) is 26.5 Å².